The highest BCUT2D eigenvalue weighted by Gasteiger charge is 2.21. The number of ether oxygens (including phenoxy) is 1. The molecule has 1 aromatic rings. The summed E-state index contributed by atoms with van der Waals surface area (Å²) in [4.78, 5) is 11.7. The maximum atomic E-state index is 6.13. The van der Waals surface area contributed by atoms with E-state index in [4.69, 9.17) is 16.3 Å². The van der Waals surface area contributed by atoms with Crippen LogP contribution in [0.25, 0.3) is 0 Å². The largest absolute Gasteiger partial charge is 0.379 e. The van der Waals surface area contributed by atoms with Gasteiger partial charge in [0.2, 0.25) is 0 Å². The van der Waals surface area contributed by atoms with Gasteiger partial charge in [-0.3, -0.25) is 9.89 Å². The number of nitrogens with zero attached hydrogens (tertiary/aromatic N) is 4. The first-order valence-corrected chi connectivity index (χ1v) is 10.3. The molecule has 0 amide bonds. The molecule has 8 heteroatoms. The van der Waals surface area contributed by atoms with E-state index in [0.29, 0.717) is 5.92 Å². The molecule has 28 heavy (non-hydrogen) atoms. The second kappa shape index (κ2) is 12.0. The fraction of sp³-hybridized carbons (Fsp3) is 0.650. The van der Waals surface area contributed by atoms with Crippen LogP contribution in [0, 0.1) is 5.92 Å². The van der Waals surface area contributed by atoms with Crippen molar-refractivity contribution in [3.05, 3.63) is 29.3 Å². The summed E-state index contributed by atoms with van der Waals surface area (Å²) in [5.41, 5.74) is 1.20. The van der Waals surface area contributed by atoms with Gasteiger partial charge in [0.25, 0.3) is 0 Å². The Balaban J connectivity index is 0.00000280. The minimum atomic E-state index is 0. The Morgan fingerprint density at radius 2 is 1.89 bits per heavy atom. The highest BCUT2D eigenvalue weighted by Crippen LogP contribution is 2.20. The number of morpholine rings is 1. The van der Waals surface area contributed by atoms with Gasteiger partial charge in [-0.05, 0) is 24.1 Å². The molecule has 0 spiro atoms. The first kappa shape index (κ1) is 23.5. The summed E-state index contributed by atoms with van der Waals surface area (Å²) in [6.45, 7) is 12.0. The van der Waals surface area contributed by atoms with Crippen LogP contribution in [-0.2, 0) is 4.74 Å². The van der Waals surface area contributed by atoms with Gasteiger partial charge in [0.1, 0.15) is 0 Å². The average Bonchev–Trinajstić information content (AvgIpc) is 2.70. The number of nitrogens with one attached hydrogen (secondary N) is 1. The molecule has 1 unspecified atom stereocenters. The van der Waals surface area contributed by atoms with Crippen molar-refractivity contribution in [1.82, 2.24) is 15.1 Å². The van der Waals surface area contributed by atoms with E-state index in [1.807, 2.05) is 25.2 Å². The lowest BCUT2D eigenvalue weighted by Crippen LogP contribution is -2.53. The van der Waals surface area contributed by atoms with Crippen molar-refractivity contribution in [2.45, 2.75) is 6.92 Å². The molecule has 0 aromatic heterocycles. The predicted molar refractivity (Wildman–Crippen MR) is 128 cm³/mol. The minimum Gasteiger partial charge on any atom is -0.379 e. The molecular weight excluding hydrogens is 489 g/mol. The Kier molecular flexibility index (Phi) is 10.1. The third-order valence-corrected chi connectivity index (χ3v) is 5.48. The van der Waals surface area contributed by atoms with Crippen molar-refractivity contribution in [2.75, 3.05) is 77.5 Å². The van der Waals surface area contributed by atoms with Crippen LogP contribution in [0.15, 0.2) is 29.3 Å². The van der Waals surface area contributed by atoms with Gasteiger partial charge in [-0.15, -0.1) is 24.0 Å². The Bertz CT molecular complexity index is 618. The number of halogens is 2. The van der Waals surface area contributed by atoms with Crippen LogP contribution in [0.3, 0.4) is 0 Å². The van der Waals surface area contributed by atoms with Crippen LogP contribution >= 0.6 is 35.6 Å². The lowest BCUT2D eigenvalue weighted by molar-refractivity contribution is 0.0320. The molecule has 3 rings (SSSR count). The van der Waals surface area contributed by atoms with Crippen LogP contribution in [0.5, 0.6) is 0 Å². The Labute approximate surface area is 191 Å². The van der Waals surface area contributed by atoms with Crippen LogP contribution in [0.4, 0.5) is 5.69 Å². The van der Waals surface area contributed by atoms with Gasteiger partial charge in [-0.1, -0.05) is 24.6 Å². The van der Waals surface area contributed by atoms with Crippen LogP contribution in [0.2, 0.25) is 5.02 Å². The molecule has 2 fully saturated rings. The van der Waals surface area contributed by atoms with Crippen LogP contribution < -0.4 is 10.2 Å². The van der Waals surface area contributed by atoms with Gasteiger partial charge in [-0.25, -0.2) is 0 Å². The van der Waals surface area contributed by atoms with Gasteiger partial charge in [0, 0.05) is 70.1 Å². The van der Waals surface area contributed by atoms with Crippen molar-refractivity contribution in [2.24, 2.45) is 10.9 Å². The Morgan fingerprint density at radius 1 is 1.18 bits per heavy atom. The standard InChI is InChI=1S/C20H32ClN5O.HI/c1-17(16-24-10-12-27-13-11-24)15-23-20(22-2)26-8-6-25(7-9-26)19-5-3-4-18(21)14-19;/h3-5,14,17H,6-13,15-16H2,1-2H3,(H,22,23);1H. The summed E-state index contributed by atoms with van der Waals surface area (Å²) >= 11 is 6.13. The number of rotatable bonds is 5. The van der Waals surface area contributed by atoms with Crippen LogP contribution in [0.1, 0.15) is 6.92 Å². The number of benzene rings is 1. The molecule has 1 atom stereocenters. The van der Waals surface area contributed by atoms with E-state index in [-0.39, 0.29) is 24.0 Å². The highest BCUT2D eigenvalue weighted by molar-refractivity contribution is 14.0. The zero-order valence-corrected chi connectivity index (χ0v) is 20.0. The topological polar surface area (TPSA) is 43.3 Å². The van der Waals surface area contributed by atoms with Gasteiger partial charge in [-0.2, -0.15) is 0 Å². The second-order valence-corrected chi connectivity index (χ2v) is 7.84. The maximum absolute atomic E-state index is 6.13. The van der Waals surface area contributed by atoms with E-state index in [9.17, 15) is 0 Å². The summed E-state index contributed by atoms with van der Waals surface area (Å²) in [5.74, 6) is 1.59. The first-order valence-electron chi connectivity index (χ1n) is 9.92. The molecule has 1 N–H and O–H groups in total. The smallest absolute Gasteiger partial charge is 0.193 e. The molecular formula is C20H33ClIN5O. The van der Waals surface area contributed by atoms with Crippen molar-refractivity contribution in [1.29, 1.82) is 0 Å². The van der Waals surface area contributed by atoms with E-state index in [1.165, 1.54) is 5.69 Å². The fourth-order valence-electron chi connectivity index (χ4n) is 3.74. The number of hydrogen-bond donors (Lipinski definition) is 1. The zero-order valence-electron chi connectivity index (χ0n) is 16.9. The molecule has 0 bridgehead atoms. The molecule has 158 valence electrons. The third-order valence-electron chi connectivity index (χ3n) is 5.25. The molecule has 0 saturated carbocycles. The Morgan fingerprint density at radius 3 is 2.54 bits per heavy atom. The molecule has 0 aliphatic carbocycles. The molecule has 0 radical (unpaired) electrons. The highest BCUT2D eigenvalue weighted by atomic mass is 127. The summed E-state index contributed by atoms with van der Waals surface area (Å²) in [5, 5.41) is 4.36. The monoisotopic (exact) mass is 521 g/mol. The van der Waals surface area contributed by atoms with Crippen LogP contribution in [-0.4, -0.2) is 88.4 Å². The lowest BCUT2D eigenvalue weighted by atomic mass is 10.1. The number of guanidine groups is 1. The van der Waals surface area contributed by atoms with E-state index >= 15 is 0 Å². The summed E-state index contributed by atoms with van der Waals surface area (Å²) in [6, 6.07) is 8.10. The van der Waals surface area contributed by atoms with E-state index < -0.39 is 0 Å². The van der Waals surface area contributed by atoms with E-state index in [2.05, 4.69) is 38.0 Å². The van der Waals surface area contributed by atoms with Gasteiger partial charge >= 0.3 is 0 Å². The zero-order chi connectivity index (χ0) is 19.1. The molecule has 6 nitrogen and oxygen atoms in total. The third kappa shape index (κ3) is 6.93. The second-order valence-electron chi connectivity index (χ2n) is 7.40. The molecule has 2 saturated heterocycles. The normalized spacial score (nSPS) is 19.9. The predicted octanol–water partition coefficient (Wildman–Crippen LogP) is 2.62. The van der Waals surface area contributed by atoms with Gasteiger partial charge < -0.3 is 19.9 Å². The van der Waals surface area contributed by atoms with E-state index in [1.54, 1.807) is 0 Å². The Hall–Kier alpha value is -0.770. The number of hydrogen-bond acceptors (Lipinski definition) is 4. The molecule has 2 aliphatic heterocycles. The van der Waals surface area contributed by atoms with Crippen molar-refractivity contribution >= 4 is 47.2 Å². The van der Waals surface area contributed by atoms with Gasteiger partial charge in [0.15, 0.2) is 5.96 Å². The minimum absolute atomic E-state index is 0. The lowest BCUT2D eigenvalue weighted by Gasteiger charge is -2.38. The SMILES string of the molecule is CN=C(NCC(C)CN1CCOCC1)N1CCN(c2cccc(Cl)c2)CC1.I. The van der Waals surface area contributed by atoms with Crippen molar-refractivity contribution in [3.8, 4) is 0 Å². The molecule has 1 aromatic carbocycles. The number of aliphatic imine (C=N–C) groups is 1. The first-order chi connectivity index (χ1) is 13.2. The quantitative estimate of drug-likeness (QED) is 0.367. The molecule has 2 aliphatic rings. The average molecular weight is 522 g/mol. The number of anilines is 1. The van der Waals surface area contributed by atoms with Crippen molar-refractivity contribution < 1.29 is 4.74 Å². The number of piperazine rings is 1. The summed E-state index contributed by atoms with van der Waals surface area (Å²) < 4.78 is 5.43. The summed E-state index contributed by atoms with van der Waals surface area (Å²) in [7, 11) is 1.87. The molecule has 2 heterocycles. The van der Waals surface area contributed by atoms with Crippen molar-refractivity contribution in [3.63, 3.8) is 0 Å². The summed E-state index contributed by atoms with van der Waals surface area (Å²) in [6.07, 6.45) is 0. The van der Waals surface area contributed by atoms with Gasteiger partial charge in [0.05, 0.1) is 13.2 Å². The maximum Gasteiger partial charge on any atom is 0.193 e. The van der Waals surface area contributed by atoms with E-state index in [0.717, 1.165) is 76.6 Å². The fourth-order valence-corrected chi connectivity index (χ4v) is 3.92.